The Kier molecular flexibility index (Phi) is 3.19. The van der Waals surface area contributed by atoms with E-state index >= 15 is 0 Å². The first kappa shape index (κ1) is 13.4. The van der Waals surface area contributed by atoms with E-state index in [2.05, 4.69) is 0 Å². The molecular weight excluding hydrogens is 274 g/mol. The van der Waals surface area contributed by atoms with Crippen LogP contribution in [0.15, 0.2) is 23.1 Å². The molecule has 1 aromatic rings. The molecule has 0 aliphatic heterocycles. The van der Waals surface area contributed by atoms with Crippen LogP contribution in [0.2, 0.25) is 0 Å². The van der Waals surface area contributed by atoms with E-state index < -0.39 is 10.0 Å². The molecule has 0 radical (unpaired) electrons. The summed E-state index contributed by atoms with van der Waals surface area (Å²) in [7, 11) is -3.60. The van der Waals surface area contributed by atoms with Gasteiger partial charge in [-0.2, -0.15) is 9.57 Å². The third-order valence-electron chi connectivity index (χ3n) is 3.80. The van der Waals surface area contributed by atoms with Crippen LogP contribution < -0.4 is 5.73 Å². The van der Waals surface area contributed by atoms with Gasteiger partial charge in [0, 0.05) is 18.3 Å². The van der Waals surface area contributed by atoms with E-state index in [1.165, 1.54) is 18.2 Å². The van der Waals surface area contributed by atoms with Crippen LogP contribution in [0.5, 0.6) is 0 Å². The maximum absolute atomic E-state index is 12.8. The summed E-state index contributed by atoms with van der Waals surface area (Å²) in [6.45, 7) is 0.586. The second-order valence-corrected chi connectivity index (χ2v) is 7.48. The van der Waals surface area contributed by atoms with Crippen molar-refractivity contribution < 1.29 is 8.42 Å². The zero-order valence-corrected chi connectivity index (χ0v) is 11.9. The van der Waals surface area contributed by atoms with Gasteiger partial charge in [-0.1, -0.05) is 0 Å². The number of nitrogen functional groups attached to an aromatic ring is 1. The smallest absolute Gasteiger partial charge is 0.244 e. The predicted molar refractivity (Wildman–Crippen MR) is 75.2 cm³/mol. The van der Waals surface area contributed by atoms with Gasteiger partial charge in [0.05, 0.1) is 5.56 Å². The van der Waals surface area contributed by atoms with Crippen LogP contribution in [0.3, 0.4) is 0 Å². The maximum atomic E-state index is 12.8. The third kappa shape index (κ3) is 2.51. The van der Waals surface area contributed by atoms with Crippen molar-refractivity contribution in [1.29, 1.82) is 5.26 Å². The monoisotopic (exact) mass is 291 g/mol. The highest BCUT2D eigenvalue weighted by molar-refractivity contribution is 7.89. The summed E-state index contributed by atoms with van der Waals surface area (Å²) in [6, 6.07) is 6.47. The maximum Gasteiger partial charge on any atom is 0.244 e. The van der Waals surface area contributed by atoms with E-state index in [9.17, 15) is 8.42 Å². The molecule has 3 rings (SSSR count). The predicted octanol–water partition coefficient (Wildman–Crippen LogP) is 1.70. The van der Waals surface area contributed by atoms with E-state index in [0.29, 0.717) is 18.2 Å². The highest BCUT2D eigenvalue weighted by Gasteiger charge is 2.41. The van der Waals surface area contributed by atoms with Crippen LogP contribution in [0.25, 0.3) is 0 Å². The Bertz CT molecular complexity index is 670. The Labute approximate surface area is 119 Å². The Morgan fingerprint density at radius 2 is 2.00 bits per heavy atom. The number of hydrogen-bond acceptors (Lipinski definition) is 4. The number of nitriles is 1. The lowest BCUT2D eigenvalue weighted by Gasteiger charge is -2.22. The molecule has 0 bridgehead atoms. The van der Waals surface area contributed by atoms with Gasteiger partial charge < -0.3 is 5.73 Å². The van der Waals surface area contributed by atoms with Crippen molar-refractivity contribution in [2.24, 2.45) is 5.92 Å². The molecule has 0 aromatic heterocycles. The molecule has 106 valence electrons. The molecule has 0 amide bonds. The minimum absolute atomic E-state index is 0.0850. The second-order valence-electron chi connectivity index (χ2n) is 5.62. The molecule has 2 N–H and O–H groups in total. The van der Waals surface area contributed by atoms with Gasteiger partial charge in [0.25, 0.3) is 0 Å². The van der Waals surface area contributed by atoms with Crippen molar-refractivity contribution in [1.82, 2.24) is 4.31 Å². The molecular formula is C14H17N3O2S. The van der Waals surface area contributed by atoms with Crippen LogP contribution in [0.4, 0.5) is 5.69 Å². The summed E-state index contributed by atoms with van der Waals surface area (Å²) >= 11 is 0. The van der Waals surface area contributed by atoms with Crippen molar-refractivity contribution in [3.63, 3.8) is 0 Å². The topological polar surface area (TPSA) is 87.2 Å². The van der Waals surface area contributed by atoms with Crippen LogP contribution in [0, 0.1) is 17.2 Å². The largest absolute Gasteiger partial charge is 0.399 e. The summed E-state index contributed by atoms with van der Waals surface area (Å²) in [5.74, 6) is 0.490. The molecule has 0 atom stereocenters. The van der Waals surface area contributed by atoms with E-state index in [0.717, 1.165) is 25.7 Å². The molecule has 20 heavy (non-hydrogen) atoms. The number of nitrogens with two attached hydrogens (primary N) is 1. The van der Waals surface area contributed by atoms with Gasteiger partial charge >= 0.3 is 0 Å². The highest BCUT2D eigenvalue weighted by Crippen LogP contribution is 2.38. The van der Waals surface area contributed by atoms with Crippen LogP contribution >= 0.6 is 0 Å². The first-order valence-corrected chi connectivity index (χ1v) is 8.28. The van der Waals surface area contributed by atoms with Crippen molar-refractivity contribution >= 4 is 15.7 Å². The lowest BCUT2D eigenvalue weighted by atomic mass is 10.2. The lowest BCUT2D eigenvalue weighted by Crippen LogP contribution is -2.35. The summed E-state index contributed by atoms with van der Waals surface area (Å²) in [5, 5.41) is 9.15. The minimum atomic E-state index is -3.60. The fraction of sp³-hybridized carbons (Fsp3) is 0.500. The number of nitrogens with zero attached hydrogens (tertiary/aromatic N) is 2. The van der Waals surface area contributed by atoms with E-state index in [1.54, 1.807) is 4.31 Å². The van der Waals surface area contributed by atoms with E-state index in [-0.39, 0.29) is 16.5 Å². The summed E-state index contributed by atoms with van der Waals surface area (Å²) in [4.78, 5) is 0.0850. The summed E-state index contributed by atoms with van der Waals surface area (Å²) < 4.78 is 27.2. The van der Waals surface area contributed by atoms with E-state index in [1.807, 2.05) is 6.07 Å². The van der Waals surface area contributed by atoms with Crippen molar-refractivity contribution in [3.8, 4) is 6.07 Å². The van der Waals surface area contributed by atoms with Gasteiger partial charge in [0.2, 0.25) is 10.0 Å². The SMILES string of the molecule is N#Cc1cc(N)ccc1S(=O)(=O)N(CC1CC1)C1CC1. The van der Waals surface area contributed by atoms with Gasteiger partial charge in [-0.3, -0.25) is 0 Å². The van der Waals surface area contributed by atoms with Gasteiger partial charge in [0.1, 0.15) is 11.0 Å². The van der Waals surface area contributed by atoms with Crippen LogP contribution in [0.1, 0.15) is 31.2 Å². The zero-order valence-electron chi connectivity index (χ0n) is 11.1. The molecule has 0 spiro atoms. The molecule has 2 fully saturated rings. The van der Waals surface area contributed by atoms with Gasteiger partial charge in [0.15, 0.2) is 0 Å². The molecule has 1 aromatic carbocycles. The minimum Gasteiger partial charge on any atom is -0.399 e. The molecule has 2 aliphatic carbocycles. The Balaban J connectivity index is 1.99. The molecule has 0 unspecified atom stereocenters. The fourth-order valence-electron chi connectivity index (χ4n) is 2.35. The van der Waals surface area contributed by atoms with Gasteiger partial charge in [-0.15, -0.1) is 0 Å². The van der Waals surface area contributed by atoms with Crippen LogP contribution in [-0.2, 0) is 10.0 Å². The van der Waals surface area contributed by atoms with Crippen molar-refractivity contribution in [3.05, 3.63) is 23.8 Å². The quantitative estimate of drug-likeness (QED) is 0.836. The average molecular weight is 291 g/mol. The fourth-order valence-corrected chi connectivity index (χ4v) is 4.23. The highest BCUT2D eigenvalue weighted by atomic mass is 32.2. The molecule has 5 nitrogen and oxygen atoms in total. The normalized spacial score (nSPS) is 19.0. The Morgan fingerprint density at radius 1 is 1.30 bits per heavy atom. The molecule has 6 heteroatoms. The first-order valence-electron chi connectivity index (χ1n) is 6.84. The van der Waals surface area contributed by atoms with Crippen molar-refractivity contribution in [2.75, 3.05) is 12.3 Å². The third-order valence-corrected chi connectivity index (χ3v) is 5.78. The number of benzene rings is 1. The van der Waals surface area contributed by atoms with E-state index in [4.69, 9.17) is 11.0 Å². The number of rotatable bonds is 5. The standard InChI is InChI=1S/C14H17N3O2S/c15-8-11-7-12(16)3-6-14(11)20(18,19)17(13-4-5-13)9-10-1-2-10/h3,6-7,10,13H,1-2,4-5,9,16H2. The summed E-state index contributed by atoms with van der Waals surface area (Å²) in [6.07, 6.45) is 4.04. The Hall–Kier alpha value is -1.58. The molecule has 0 saturated heterocycles. The van der Waals surface area contributed by atoms with Gasteiger partial charge in [-0.05, 0) is 49.8 Å². The van der Waals surface area contributed by atoms with Crippen LogP contribution in [-0.4, -0.2) is 25.3 Å². The second kappa shape index (κ2) is 4.76. The number of sulfonamides is 1. The molecule has 2 aliphatic rings. The van der Waals surface area contributed by atoms with Gasteiger partial charge in [-0.25, -0.2) is 8.42 Å². The number of anilines is 1. The zero-order chi connectivity index (χ0) is 14.3. The average Bonchev–Trinajstić information content (AvgIpc) is 3.26. The molecule has 0 heterocycles. The van der Waals surface area contributed by atoms with Crippen molar-refractivity contribution in [2.45, 2.75) is 36.6 Å². The summed E-state index contributed by atoms with van der Waals surface area (Å²) in [5.41, 5.74) is 6.16. The molecule has 2 saturated carbocycles. The number of hydrogen-bond donors (Lipinski definition) is 1. The first-order chi connectivity index (χ1) is 9.52. The lowest BCUT2D eigenvalue weighted by molar-refractivity contribution is 0.388. The Morgan fingerprint density at radius 3 is 2.55 bits per heavy atom.